The third-order valence-electron chi connectivity index (χ3n) is 7.20. The SMILES string of the molecule is COc1ccccc1NC(=O)N[C@H]1CC[C@@H](CC(=O)N2CCC(Cc3ccccc3)CC2)O[C@@H]1CO. The lowest BCUT2D eigenvalue weighted by atomic mass is 9.90. The standard InChI is InChI=1S/C28H37N3O5/c1-35-25-10-6-5-9-23(25)29-28(34)30-24-12-11-22(36-26(24)19-32)18-27(33)31-15-13-21(14-16-31)17-20-7-3-2-4-8-20/h2-10,21-22,24,26,32H,11-19H2,1H3,(H2,29,30,34)/t22-,24-,26+/m0/s1. The number of ether oxygens (including phenoxy) is 2. The molecule has 3 atom stereocenters. The fourth-order valence-corrected chi connectivity index (χ4v) is 5.18. The van der Waals surface area contributed by atoms with Crippen molar-refractivity contribution in [2.45, 2.75) is 56.8 Å². The largest absolute Gasteiger partial charge is 0.495 e. The van der Waals surface area contributed by atoms with E-state index in [9.17, 15) is 14.7 Å². The third-order valence-corrected chi connectivity index (χ3v) is 7.20. The lowest BCUT2D eigenvalue weighted by molar-refractivity contribution is -0.141. The number of aliphatic hydroxyl groups excluding tert-OH is 1. The summed E-state index contributed by atoms with van der Waals surface area (Å²) in [6.45, 7) is 1.33. The van der Waals surface area contributed by atoms with Crippen LogP contribution in [0, 0.1) is 5.92 Å². The summed E-state index contributed by atoms with van der Waals surface area (Å²) in [6.07, 6.45) is 3.85. The lowest BCUT2D eigenvalue weighted by Gasteiger charge is -2.37. The number of nitrogens with one attached hydrogen (secondary N) is 2. The molecule has 8 heteroatoms. The second-order valence-corrected chi connectivity index (χ2v) is 9.68. The van der Waals surface area contributed by atoms with E-state index in [0.29, 0.717) is 36.6 Å². The number of hydrogen-bond acceptors (Lipinski definition) is 5. The number of piperidine rings is 1. The van der Waals surface area contributed by atoms with Crippen molar-refractivity contribution in [3.8, 4) is 5.75 Å². The number of anilines is 1. The molecule has 3 N–H and O–H groups in total. The first-order valence-corrected chi connectivity index (χ1v) is 12.8. The summed E-state index contributed by atoms with van der Waals surface area (Å²) < 4.78 is 11.3. The molecule has 2 aliphatic heterocycles. The van der Waals surface area contributed by atoms with E-state index in [1.807, 2.05) is 23.1 Å². The molecule has 2 aromatic rings. The first-order chi connectivity index (χ1) is 17.6. The van der Waals surface area contributed by atoms with Gasteiger partial charge >= 0.3 is 6.03 Å². The van der Waals surface area contributed by atoms with Crippen molar-refractivity contribution >= 4 is 17.6 Å². The topological polar surface area (TPSA) is 100 Å². The minimum absolute atomic E-state index is 0.107. The van der Waals surface area contributed by atoms with Gasteiger partial charge in [0.2, 0.25) is 5.91 Å². The number of likely N-dealkylation sites (tertiary alicyclic amines) is 1. The highest BCUT2D eigenvalue weighted by molar-refractivity contribution is 5.91. The van der Waals surface area contributed by atoms with Crippen LogP contribution in [0.4, 0.5) is 10.5 Å². The lowest BCUT2D eigenvalue weighted by Crippen LogP contribution is -2.52. The Morgan fingerprint density at radius 2 is 1.75 bits per heavy atom. The van der Waals surface area contributed by atoms with Gasteiger partial charge < -0.3 is 30.1 Å². The van der Waals surface area contributed by atoms with E-state index < -0.39 is 6.10 Å². The van der Waals surface area contributed by atoms with E-state index in [4.69, 9.17) is 9.47 Å². The van der Waals surface area contributed by atoms with Gasteiger partial charge in [0.25, 0.3) is 0 Å². The summed E-state index contributed by atoms with van der Waals surface area (Å²) in [7, 11) is 1.55. The number of carbonyl (C=O) groups excluding carboxylic acids is 2. The van der Waals surface area contributed by atoms with Gasteiger partial charge in [0, 0.05) is 13.1 Å². The molecule has 0 unspecified atom stereocenters. The number of amides is 3. The van der Waals surface area contributed by atoms with Crippen LogP contribution in [0.1, 0.15) is 37.7 Å². The first kappa shape index (κ1) is 26.0. The predicted molar refractivity (Wildman–Crippen MR) is 138 cm³/mol. The molecule has 36 heavy (non-hydrogen) atoms. The molecular weight excluding hydrogens is 458 g/mol. The Balaban J connectivity index is 1.21. The molecule has 2 fully saturated rings. The Bertz CT molecular complexity index is 994. The van der Waals surface area contributed by atoms with Crippen LogP contribution in [0.3, 0.4) is 0 Å². The van der Waals surface area contributed by atoms with Crippen LogP contribution in [-0.2, 0) is 16.0 Å². The smallest absolute Gasteiger partial charge is 0.319 e. The molecule has 4 rings (SSSR count). The van der Waals surface area contributed by atoms with Crippen LogP contribution < -0.4 is 15.4 Å². The maximum Gasteiger partial charge on any atom is 0.319 e. The Labute approximate surface area is 213 Å². The van der Waals surface area contributed by atoms with E-state index in [1.54, 1.807) is 19.2 Å². The Morgan fingerprint density at radius 3 is 2.47 bits per heavy atom. The molecule has 3 amide bonds. The summed E-state index contributed by atoms with van der Waals surface area (Å²) in [5.74, 6) is 1.28. The number of methoxy groups -OCH3 is 1. The summed E-state index contributed by atoms with van der Waals surface area (Å²) in [6, 6.07) is 16.9. The Kier molecular flexibility index (Phi) is 9.19. The molecule has 2 saturated heterocycles. The van der Waals surface area contributed by atoms with Gasteiger partial charge in [-0.25, -0.2) is 4.79 Å². The van der Waals surface area contributed by atoms with Crippen LogP contribution in [0.25, 0.3) is 0 Å². The number of hydrogen-bond donors (Lipinski definition) is 3. The van der Waals surface area contributed by atoms with E-state index in [0.717, 1.165) is 32.4 Å². The van der Waals surface area contributed by atoms with E-state index in [2.05, 4.69) is 34.9 Å². The monoisotopic (exact) mass is 495 g/mol. The van der Waals surface area contributed by atoms with Crippen molar-refractivity contribution in [2.75, 3.05) is 32.1 Å². The fraction of sp³-hybridized carbons (Fsp3) is 0.500. The van der Waals surface area contributed by atoms with Gasteiger partial charge in [0.1, 0.15) is 11.9 Å². The summed E-state index contributed by atoms with van der Waals surface area (Å²) in [5.41, 5.74) is 1.92. The maximum atomic E-state index is 12.9. The maximum absolute atomic E-state index is 12.9. The molecule has 2 aliphatic rings. The van der Waals surface area contributed by atoms with Crippen LogP contribution >= 0.6 is 0 Å². The molecule has 0 bridgehead atoms. The summed E-state index contributed by atoms with van der Waals surface area (Å²) in [5, 5.41) is 15.6. The first-order valence-electron chi connectivity index (χ1n) is 12.8. The van der Waals surface area contributed by atoms with Crippen molar-refractivity contribution in [1.82, 2.24) is 10.2 Å². The molecule has 0 radical (unpaired) electrons. The zero-order valence-corrected chi connectivity index (χ0v) is 20.9. The average Bonchev–Trinajstić information content (AvgIpc) is 2.90. The van der Waals surface area contributed by atoms with E-state index in [1.165, 1.54) is 5.56 Å². The average molecular weight is 496 g/mol. The number of nitrogens with zero attached hydrogens (tertiary/aromatic N) is 1. The number of carbonyl (C=O) groups is 2. The minimum Gasteiger partial charge on any atom is -0.495 e. The van der Waals surface area contributed by atoms with Gasteiger partial charge in [-0.3, -0.25) is 4.79 Å². The van der Waals surface area contributed by atoms with Gasteiger partial charge in [-0.05, 0) is 55.7 Å². The van der Waals surface area contributed by atoms with Crippen molar-refractivity contribution in [3.63, 3.8) is 0 Å². The molecule has 2 aromatic carbocycles. The normalized spacial score (nSPS) is 22.6. The quantitative estimate of drug-likeness (QED) is 0.520. The third kappa shape index (κ3) is 6.98. The second-order valence-electron chi connectivity index (χ2n) is 9.68. The van der Waals surface area contributed by atoms with Crippen LogP contribution in [0.2, 0.25) is 0 Å². The van der Waals surface area contributed by atoms with Crippen molar-refractivity contribution in [1.29, 1.82) is 0 Å². The Hall–Kier alpha value is -3.10. The van der Waals surface area contributed by atoms with Crippen molar-refractivity contribution in [3.05, 3.63) is 60.2 Å². The fourth-order valence-electron chi connectivity index (χ4n) is 5.18. The number of urea groups is 1. The van der Waals surface area contributed by atoms with E-state index >= 15 is 0 Å². The Morgan fingerprint density at radius 1 is 1.03 bits per heavy atom. The molecule has 0 saturated carbocycles. The van der Waals surface area contributed by atoms with Crippen LogP contribution in [0.5, 0.6) is 5.75 Å². The molecular formula is C28H37N3O5. The van der Waals surface area contributed by atoms with Gasteiger partial charge in [-0.15, -0.1) is 0 Å². The highest BCUT2D eigenvalue weighted by Crippen LogP contribution is 2.26. The highest BCUT2D eigenvalue weighted by Gasteiger charge is 2.34. The van der Waals surface area contributed by atoms with Gasteiger partial charge in [0.05, 0.1) is 38.0 Å². The zero-order chi connectivity index (χ0) is 25.3. The minimum atomic E-state index is -0.559. The van der Waals surface area contributed by atoms with Gasteiger partial charge in [-0.1, -0.05) is 42.5 Å². The van der Waals surface area contributed by atoms with Gasteiger partial charge in [0.15, 0.2) is 0 Å². The van der Waals surface area contributed by atoms with Crippen LogP contribution in [-0.4, -0.2) is 67.0 Å². The second kappa shape index (κ2) is 12.7. The molecule has 2 heterocycles. The number of aliphatic hydroxyl groups is 1. The molecule has 8 nitrogen and oxygen atoms in total. The van der Waals surface area contributed by atoms with Crippen molar-refractivity contribution in [2.24, 2.45) is 5.92 Å². The highest BCUT2D eigenvalue weighted by atomic mass is 16.5. The van der Waals surface area contributed by atoms with Gasteiger partial charge in [-0.2, -0.15) is 0 Å². The summed E-state index contributed by atoms with van der Waals surface area (Å²) >= 11 is 0. The number of para-hydroxylation sites is 2. The number of rotatable bonds is 8. The molecule has 194 valence electrons. The predicted octanol–water partition coefficient (Wildman–Crippen LogP) is 3.60. The molecule has 0 aliphatic carbocycles. The van der Waals surface area contributed by atoms with Crippen molar-refractivity contribution < 1.29 is 24.2 Å². The zero-order valence-electron chi connectivity index (χ0n) is 20.9. The molecule has 0 aromatic heterocycles. The summed E-state index contributed by atoms with van der Waals surface area (Å²) in [4.78, 5) is 27.4. The molecule has 0 spiro atoms. The number of benzene rings is 2. The van der Waals surface area contributed by atoms with Crippen LogP contribution in [0.15, 0.2) is 54.6 Å². The van der Waals surface area contributed by atoms with E-state index in [-0.39, 0.29) is 30.7 Å².